The molecule has 30 heavy (non-hydrogen) atoms. The van der Waals surface area contributed by atoms with E-state index in [0.717, 1.165) is 60.1 Å². The molecule has 0 amide bonds. The molecule has 3 heterocycles. The number of rotatable bonds is 5. The molecule has 1 aliphatic heterocycles. The zero-order valence-electron chi connectivity index (χ0n) is 16.9. The molecular formula is C25H25N3O2. The van der Waals surface area contributed by atoms with Crippen molar-refractivity contribution in [2.45, 2.75) is 32.2 Å². The Labute approximate surface area is 176 Å². The minimum Gasteiger partial charge on any atom is -0.477 e. The number of ether oxygens (including phenoxy) is 1. The Hall–Kier alpha value is -3.10. The number of hydrogen-bond donors (Lipinski definition) is 1. The standard InChI is InChI=1S/C25H25N3O2/c29-16-21-7-11-24-27-23(15-28(24)14-21)22-9-5-18(6-10-22)1-2-19-8-12-25(26-13-19)30-17-20-3-4-20/h5-6,8-10,12-13,15,20-21,29H,3-4,7,11,14,16-17H2. The Morgan fingerprint density at radius 2 is 1.80 bits per heavy atom. The second-order valence-corrected chi connectivity index (χ2v) is 8.25. The molecule has 2 aromatic heterocycles. The molecule has 0 radical (unpaired) electrons. The first-order valence-corrected chi connectivity index (χ1v) is 10.6. The van der Waals surface area contributed by atoms with Gasteiger partial charge in [0.05, 0.1) is 12.3 Å². The highest BCUT2D eigenvalue weighted by Gasteiger charge is 2.22. The maximum absolute atomic E-state index is 9.41. The monoisotopic (exact) mass is 399 g/mol. The van der Waals surface area contributed by atoms with Crippen LogP contribution in [0.15, 0.2) is 48.8 Å². The van der Waals surface area contributed by atoms with Crippen LogP contribution in [0.5, 0.6) is 5.88 Å². The van der Waals surface area contributed by atoms with E-state index in [0.29, 0.717) is 11.8 Å². The van der Waals surface area contributed by atoms with E-state index in [2.05, 4.69) is 39.7 Å². The number of aromatic nitrogens is 3. The number of pyridine rings is 1. The van der Waals surface area contributed by atoms with E-state index in [9.17, 15) is 5.11 Å². The fourth-order valence-corrected chi connectivity index (χ4v) is 3.70. The molecule has 0 saturated heterocycles. The van der Waals surface area contributed by atoms with Gasteiger partial charge in [0.2, 0.25) is 5.88 Å². The summed E-state index contributed by atoms with van der Waals surface area (Å²) in [6, 6.07) is 12.0. The first-order chi connectivity index (χ1) is 14.8. The topological polar surface area (TPSA) is 60.2 Å². The van der Waals surface area contributed by atoms with E-state index in [-0.39, 0.29) is 6.61 Å². The smallest absolute Gasteiger partial charge is 0.213 e. The summed E-state index contributed by atoms with van der Waals surface area (Å²) in [6.07, 6.45) is 8.33. The number of hydrogen-bond acceptors (Lipinski definition) is 4. The van der Waals surface area contributed by atoms with Crippen LogP contribution in [-0.4, -0.2) is 32.9 Å². The molecule has 0 spiro atoms. The molecule has 3 aromatic rings. The van der Waals surface area contributed by atoms with Crippen LogP contribution in [-0.2, 0) is 13.0 Å². The minimum absolute atomic E-state index is 0.242. The molecule has 1 saturated carbocycles. The van der Waals surface area contributed by atoms with Crippen LogP contribution >= 0.6 is 0 Å². The molecule has 1 N–H and O–H groups in total. The van der Waals surface area contributed by atoms with Crippen molar-refractivity contribution in [3.63, 3.8) is 0 Å². The van der Waals surface area contributed by atoms with Gasteiger partial charge in [-0.15, -0.1) is 0 Å². The molecule has 5 heteroatoms. The fraction of sp³-hybridized carbons (Fsp3) is 0.360. The van der Waals surface area contributed by atoms with Crippen molar-refractivity contribution < 1.29 is 9.84 Å². The lowest BCUT2D eigenvalue weighted by Crippen LogP contribution is -2.22. The van der Waals surface area contributed by atoms with Crippen LogP contribution in [0.1, 0.15) is 36.2 Å². The van der Waals surface area contributed by atoms with Gasteiger partial charge in [-0.2, -0.15) is 0 Å². The Bertz CT molecular complexity index is 1070. The highest BCUT2D eigenvalue weighted by Crippen LogP contribution is 2.29. The second kappa shape index (κ2) is 8.33. The van der Waals surface area contributed by atoms with Gasteiger partial charge in [-0.25, -0.2) is 9.97 Å². The van der Waals surface area contributed by atoms with Gasteiger partial charge in [-0.1, -0.05) is 24.0 Å². The Kier molecular flexibility index (Phi) is 5.25. The van der Waals surface area contributed by atoms with Crippen LogP contribution in [0.4, 0.5) is 0 Å². The van der Waals surface area contributed by atoms with Crippen molar-refractivity contribution in [3.05, 3.63) is 65.7 Å². The predicted octanol–water partition coefficient (Wildman–Crippen LogP) is 3.69. The Balaban J connectivity index is 1.24. The Morgan fingerprint density at radius 3 is 2.53 bits per heavy atom. The van der Waals surface area contributed by atoms with Crippen LogP contribution in [0.2, 0.25) is 0 Å². The molecule has 5 rings (SSSR count). The Morgan fingerprint density at radius 1 is 1.00 bits per heavy atom. The normalized spacial score (nSPS) is 17.7. The summed E-state index contributed by atoms with van der Waals surface area (Å²) in [5, 5.41) is 9.41. The van der Waals surface area contributed by atoms with Crippen molar-refractivity contribution >= 4 is 0 Å². The lowest BCUT2D eigenvalue weighted by atomic mass is 10.0. The second-order valence-electron chi connectivity index (χ2n) is 8.25. The van der Waals surface area contributed by atoms with E-state index < -0.39 is 0 Å². The molecule has 1 aromatic carbocycles. The number of benzene rings is 1. The maximum atomic E-state index is 9.41. The van der Waals surface area contributed by atoms with Gasteiger partial charge in [0.25, 0.3) is 0 Å². The number of aryl methyl sites for hydroxylation is 1. The van der Waals surface area contributed by atoms with Crippen molar-refractivity contribution in [2.24, 2.45) is 11.8 Å². The minimum atomic E-state index is 0.242. The molecular weight excluding hydrogens is 374 g/mol. The van der Waals surface area contributed by atoms with Gasteiger partial charge in [-0.05, 0) is 43.4 Å². The van der Waals surface area contributed by atoms with E-state index in [1.807, 2.05) is 24.3 Å². The molecule has 152 valence electrons. The SMILES string of the molecule is OCC1CCc2nc(-c3ccc(C#Cc4ccc(OCC5CC5)nc4)cc3)cn2C1. The molecule has 0 bridgehead atoms. The third kappa shape index (κ3) is 4.39. The number of nitrogens with zero attached hydrogens (tertiary/aromatic N) is 3. The summed E-state index contributed by atoms with van der Waals surface area (Å²) in [5.41, 5.74) is 3.89. The summed E-state index contributed by atoms with van der Waals surface area (Å²) in [4.78, 5) is 9.11. The first kappa shape index (κ1) is 18.9. The number of fused-ring (bicyclic) bond motifs is 1. The maximum Gasteiger partial charge on any atom is 0.213 e. The first-order valence-electron chi connectivity index (χ1n) is 10.6. The van der Waals surface area contributed by atoms with Gasteiger partial charge >= 0.3 is 0 Å². The number of aliphatic hydroxyl groups excluding tert-OH is 1. The van der Waals surface area contributed by atoms with E-state index in [4.69, 9.17) is 9.72 Å². The zero-order chi connectivity index (χ0) is 20.3. The molecule has 1 unspecified atom stereocenters. The molecule has 1 fully saturated rings. The van der Waals surface area contributed by atoms with Gasteiger partial charge in [-0.3, -0.25) is 0 Å². The van der Waals surface area contributed by atoms with Crippen molar-refractivity contribution in [3.8, 4) is 29.0 Å². The average Bonchev–Trinajstić information content (AvgIpc) is 3.53. The predicted molar refractivity (Wildman–Crippen MR) is 115 cm³/mol. The fourth-order valence-electron chi connectivity index (χ4n) is 3.70. The number of imidazole rings is 1. The van der Waals surface area contributed by atoms with Crippen LogP contribution in [0.25, 0.3) is 11.3 Å². The lowest BCUT2D eigenvalue weighted by molar-refractivity contribution is 0.190. The highest BCUT2D eigenvalue weighted by atomic mass is 16.5. The number of aliphatic hydroxyl groups is 1. The summed E-state index contributed by atoms with van der Waals surface area (Å²) < 4.78 is 7.85. The summed E-state index contributed by atoms with van der Waals surface area (Å²) in [6.45, 7) is 1.86. The third-order valence-corrected chi connectivity index (χ3v) is 5.78. The summed E-state index contributed by atoms with van der Waals surface area (Å²) in [7, 11) is 0. The van der Waals surface area contributed by atoms with Gasteiger partial charge in [0.1, 0.15) is 5.82 Å². The largest absolute Gasteiger partial charge is 0.477 e. The van der Waals surface area contributed by atoms with Crippen LogP contribution < -0.4 is 4.74 Å². The van der Waals surface area contributed by atoms with Gasteiger partial charge in [0.15, 0.2) is 0 Å². The molecule has 2 aliphatic rings. The summed E-state index contributed by atoms with van der Waals surface area (Å²) in [5.74, 6) is 9.20. The van der Waals surface area contributed by atoms with Crippen LogP contribution in [0, 0.1) is 23.7 Å². The van der Waals surface area contributed by atoms with Gasteiger partial charge < -0.3 is 14.4 Å². The summed E-state index contributed by atoms with van der Waals surface area (Å²) >= 11 is 0. The lowest BCUT2D eigenvalue weighted by Gasteiger charge is -2.21. The van der Waals surface area contributed by atoms with Crippen LogP contribution in [0.3, 0.4) is 0 Å². The zero-order valence-corrected chi connectivity index (χ0v) is 16.9. The molecule has 1 atom stereocenters. The average molecular weight is 399 g/mol. The van der Waals surface area contributed by atoms with Crippen molar-refractivity contribution in [2.75, 3.05) is 13.2 Å². The highest BCUT2D eigenvalue weighted by molar-refractivity contribution is 5.60. The van der Waals surface area contributed by atoms with E-state index in [1.54, 1.807) is 6.20 Å². The third-order valence-electron chi connectivity index (χ3n) is 5.78. The quantitative estimate of drug-likeness (QED) is 0.665. The van der Waals surface area contributed by atoms with Crippen molar-refractivity contribution in [1.29, 1.82) is 0 Å². The molecule has 1 aliphatic carbocycles. The van der Waals surface area contributed by atoms with E-state index in [1.165, 1.54) is 12.8 Å². The van der Waals surface area contributed by atoms with Gasteiger partial charge in [0, 0.05) is 60.6 Å². The van der Waals surface area contributed by atoms with Crippen molar-refractivity contribution in [1.82, 2.24) is 14.5 Å². The van der Waals surface area contributed by atoms with E-state index >= 15 is 0 Å². The molecule has 5 nitrogen and oxygen atoms in total.